The molecule has 2 aliphatic rings. The molecule has 10 heteroatoms. The molecule has 1 fully saturated rings. The molecule has 1 atom stereocenters. The number of carbonyl (C=O) groups is 2. The molecule has 0 radical (unpaired) electrons. The number of ether oxygens (including phenoxy) is 4. The van der Waals surface area contributed by atoms with Gasteiger partial charge in [-0.1, -0.05) is 31.4 Å². The number of hydrogen-bond acceptors (Lipinski definition) is 8. The zero-order valence-electron chi connectivity index (χ0n) is 22.1. The maximum Gasteiger partial charge on any atom is 0.275 e. The van der Waals surface area contributed by atoms with Gasteiger partial charge < -0.3 is 29.2 Å². The number of carbonyl (C=O) groups excluding carboxylic acids is 2. The molecule has 1 aromatic heterocycles. The normalized spacial score (nSPS) is 15.3. The lowest BCUT2D eigenvalue weighted by molar-refractivity contribution is -0.127. The summed E-state index contributed by atoms with van der Waals surface area (Å²) in [6, 6.07) is 9.80. The number of fused-ring (bicyclic) bond motifs is 1. The van der Waals surface area contributed by atoms with Gasteiger partial charge in [-0.15, -0.1) is 0 Å². The first-order valence-electron chi connectivity index (χ1n) is 13.0. The number of nitrogens with one attached hydrogen (secondary N) is 1. The lowest BCUT2D eigenvalue weighted by atomic mass is 9.94. The van der Waals surface area contributed by atoms with E-state index < -0.39 is 11.9 Å². The second-order valence-corrected chi connectivity index (χ2v) is 9.57. The zero-order chi connectivity index (χ0) is 27.2. The average Bonchev–Trinajstić information content (AvgIpc) is 3.45. The predicted molar refractivity (Wildman–Crippen MR) is 142 cm³/mol. The lowest BCUT2D eigenvalue weighted by Gasteiger charge is -2.33. The van der Waals surface area contributed by atoms with Crippen molar-refractivity contribution in [2.75, 3.05) is 21.0 Å². The molecular formula is C29H32N4O6. The fraction of sp³-hybridized carbons (Fsp3) is 0.379. The maximum absolute atomic E-state index is 14.1. The van der Waals surface area contributed by atoms with Crippen LogP contribution < -0.4 is 24.3 Å². The van der Waals surface area contributed by atoms with Gasteiger partial charge in [-0.2, -0.15) is 0 Å². The molecule has 2 amide bonds. The van der Waals surface area contributed by atoms with Crippen LogP contribution in [0.3, 0.4) is 0 Å². The lowest BCUT2D eigenvalue weighted by Crippen LogP contribution is -2.47. The van der Waals surface area contributed by atoms with E-state index in [1.165, 1.54) is 30.6 Å². The number of methoxy groups -OCH3 is 2. The number of rotatable bonds is 9. The Labute approximate surface area is 227 Å². The average molecular weight is 533 g/mol. The van der Waals surface area contributed by atoms with Crippen molar-refractivity contribution in [3.05, 3.63) is 71.8 Å². The Morgan fingerprint density at radius 3 is 2.54 bits per heavy atom. The minimum absolute atomic E-state index is 0.0490. The van der Waals surface area contributed by atoms with Crippen molar-refractivity contribution in [3.63, 3.8) is 0 Å². The smallest absolute Gasteiger partial charge is 0.275 e. The van der Waals surface area contributed by atoms with Crippen molar-refractivity contribution in [1.82, 2.24) is 20.2 Å². The van der Waals surface area contributed by atoms with Gasteiger partial charge in [-0.25, -0.2) is 4.98 Å². The van der Waals surface area contributed by atoms with Crippen molar-refractivity contribution < 1.29 is 28.5 Å². The SMILES string of the molecule is COc1ccc([C@H](C(=O)NC2CCCCC2)N(Cc2ccc3c(c2)OCO3)C(=O)c2cnccn2)cc1OC. The molecule has 2 heterocycles. The van der Waals surface area contributed by atoms with Crippen LogP contribution in [0.5, 0.6) is 23.0 Å². The van der Waals surface area contributed by atoms with Crippen LogP contribution in [0.1, 0.15) is 59.8 Å². The van der Waals surface area contributed by atoms with E-state index in [0.717, 1.165) is 37.7 Å². The third-order valence-corrected chi connectivity index (χ3v) is 7.07. The van der Waals surface area contributed by atoms with Gasteiger partial charge in [0.1, 0.15) is 11.7 Å². The van der Waals surface area contributed by atoms with Crippen LogP contribution in [0.4, 0.5) is 0 Å². The molecule has 1 saturated carbocycles. The van der Waals surface area contributed by atoms with Gasteiger partial charge in [0.15, 0.2) is 23.0 Å². The summed E-state index contributed by atoms with van der Waals surface area (Å²) in [7, 11) is 3.09. The highest BCUT2D eigenvalue weighted by Gasteiger charge is 2.35. The molecule has 0 bridgehead atoms. The van der Waals surface area contributed by atoms with Crippen molar-refractivity contribution in [1.29, 1.82) is 0 Å². The predicted octanol–water partition coefficient (Wildman–Crippen LogP) is 4.06. The molecule has 1 aliphatic heterocycles. The Morgan fingerprint density at radius 1 is 1.00 bits per heavy atom. The fourth-order valence-electron chi connectivity index (χ4n) is 5.10. The van der Waals surface area contributed by atoms with E-state index in [4.69, 9.17) is 18.9 Å². The molecule has 0 unspecified atom stereocenters. The zero-order valence-corrected chi connectivity index (χ0v) is 22.1. The van der Waals surface area contributed by atoms with Crippen LogP contribution in [-0.2, 0) is 11.3 Å². The van der Waals surface area contributed by atoms with E-state index in [-0.39, 0.29) is 31.0 Å². The Morgan fingerprint density at radius 2 is 1.79 bits per heavy atom. The number of amides is 2. The highest BCUT2D eigenvalue weighted by molar-refractivity contribution is 5.96. The maximum atomic E-state index is 14.1. The largest absolute Gasteiger partial charge is 0.493 e. The quantitative estimate of drug-likeness (QED) is 0.439. The van der Waals surface area contributed by atoms with Crippen LogP contribution in [-0.4, -0.2) is 53.7 Å². The van der Waals surface area contributed by atoms with Gasteiger partial charge in [0, 0.05) is 25.0 Å². The second-order valence-electron chi connectivity index (χ2n) is 9.57. The molecule has 39 heavy (non-hydrogen) atoms. The molecule has 2 aromatic carbocycles. The summed E-state index contributed by atoms with van der Waals surface area (Å²) in [4.78, 5) is 37.9. The third-order valence-electron chi connectivity index (χ3n) is 7.07. The summed E-state index contributed by atoms with van der Waals surface area (Å²) in [5.41, 5.74) is 1.49. The van der Waals surface area contributed by atoms with Crippen LogP contribution in [0, 0.1) is 0 Å². The first-order chi connectivity index (χ1) is 19.1. The minimum Gasteiger partial charge on any atom is -0.493 e. The number of hydrogen-bond donors (Lipinski definition) is 1. The first-order valence-corrected chi connectivity index (χ1v) is 13.0. The van der Waals surface area contributed by atoms with E-state index >= 15 is 0 Å². The first kappa shape index (κ1) is 26.3. The summed E-state index contributed by atoms with van der Waals surface area (Å²) in [5, 5.41) is 3.21. The van der Waals surface area contributed by atoms with Gasteiger partial charge in [-0.05, 0) is 48.2 Å². The third kappa shape index (κ3) is 5.89. The molecular weight excluding hydrogens is 500 g/mol. The molecule has 3 aromatic rings. The number of aromatic nitrogens is 2. The molecule has 204 valence electrons. The Hall–Kier alpha value is -4.34. The minimum atomic E-state index is -0.980. The van der Waals surface area contributed by atoms with Crippen molar-refractivity contribution in [3.8, 4) is 23.0 Å². The van der Waals surface area contributed by atoms with Gasteiger partial charge in [0.25, 0.3) is 5.91 Å². The Bertz CT molecular complexity index is 1310. The van der Waals surface area contributed by atoms with Gasteiger partial charge in [-0.3, -0.25) is 14.6 Å². The topological polar surface area (TPSA) is 112 Å². The summed E-state index contributed by atoms with van der Waals surface area (Å²) in [6.07, 6.45) is 9.46. The van der Waals surface area contributed by atoms with E-state index in [1.807, 2.05) is 12.1 Å². The summed E-state index contributed by atoms with van der Waals surface area (Å²) in [5.74, 6) is 1.51. The van der Waals surface area contributed by atoms with Crippen molar-refractivity contribution in [2.24, 2.45) is 0 Å². The monoisotopic (exact) mass is 532 g/mol. The van der Waals surface area contributed by atoms with Gasteiger partial charge >= 0.3 is 0 Å². The molecule has 0 spiro atoms. The van der Waals surface area contributed by atoms with Crippen LogP contribution >= 0.6 is 0 Å². The van der Waals surface area contributed by atoms with E-state index in [1.54, 1.807) is 31.4 Å². The Balaban J connectivity index is 1.57. The van der Waals surface area contributed by atoms with E-state index in [0.29, 0.717) is 28.6 Å². The standard InChI is InChI=1S/C29H32N4O6/c1-36-23-11-9-20(15-25(23)37-2)27(28(34)32-21-6-4-3-5-7-21)33(29(35)22-16-30-12-13-31-22)17-19-8-10-24-26(14-19)39-18-38-24/h8-16,21,27H,3-7,17-18H2,1-2H3,(H,32,34)/t27-/m1/s1. The molecule has 1 N–H and O–H groups in total. The van der Waals surface area contributed by atoms with Gasteiger partial charge in [0.05, 0.1) is 20.4 Å². The molecule has 5 rings (SSSR count). The van der Waals surface area contributed by atoms with Crippen molar-refractivity contribution in [2.45, 2.75) is 50.7 Å². The van der Waals surface area contributed by atoms with Crippen LogP contribution in [0.2, 0.25) is 0 Å². The Kier molecular flexibility index (Phi) is 8.10. The fourth-order valence-corrected chi connectivity index (χ4v) is 5.10. The number of nitrogens with zero attached hydrogens (tertiary/aromatic N) is 3. The van der Waals surface area contributed by atoms with E-state index in [9.17, 15) is 9.59 Å². The summed E-state index contributed by atoms with van der Waals surface area (Å²) >= 11 is 0. The van der Waals surface area contributed by atoms with Crippen molar-refractivity contribution >= 4 is 11.8 Å². The molecule has 10 nitrogen and oxygen atoms in total. The molecule has 0 saturated heterocycles. The van der Waals surface area contributed by atoms with Gasteiger partial charge in [0.2, 0.25) is 12.7 Å². The van der Waals surface area contributed by atoms with E-state index in [2.05, 4.69) is 15.3 Å². The second kappa shape index (κ2) is 12.0. The number of benzene rings is 2. The highest BCUT2D eigenvalue weighted by Crippen LogP contribution is 2.36. The molecule has 1 aliphatic carbocycles. The summed E-state index contributed by atoms with van der Waals surface area (Å²) in [6.45, 7) is 0.252. The van der Waals surface area contributed by atoms with Crippen LogP contribution in [0.25, 0.3) is 0 Å². The summed E-state index contributed by atoms with van der Waals surface area (Å²) < 4.78 is 22.0. The highest BCUT2D eigenvalue weighted by atomic mass is 16.7. The van der Waals surface area contributed by atoms with Crippen LogP contribution in [0.15, 0.2) is 55.0 Å².